The summed E-state index contributed by atoms with van der Waals surface area (Å²) in [5.74, 6) is 0.0994. The molecule has 0 atom stereocenters. The van der Waals surface area contributed by atoms with Crippen LogP contribution in [0.1, 0.15) is 54.0 Å². The van der Waals surface area contributed by atoms with Gasteiger partial charge in [-0.15, -0.1) is 0 Å². The van der Waals surface area contributed by atoms with Crippen molar-refractivity contribution in [1.82, 2.24) is 9.78 Å². The Labute approximate surface area is 134 Å². The average Bonchev–Trinajstić information content (AvgIpc) is 2.75. The van der Waals surface area contributed by atoms with Gasteiger partial charge in [0.1, 0.15) is 0 Å². The highest BCUT2D eigenvalue weighted by Crippen LogP contribution is 2.20. The number of benzene rings is 1. The van der Waals surface area contributed by atoms with Gasteiger partial charge in [0.15, 0.2) is 5.78 Å². The van der Waals surface area contributed by atoms with E-state index in [0.717, 1.165) is 47.2 Å². The van der Waals surface area contributed by atoms with Gasteiger partial charge in [0.2, 0.25) is 0 Å². The molecule has 0 saturated carbocycles. The third-order valence-corrected chi connectivity index (χ3v) is 4.12. The smallest absolute Gasteiger partial charge is 0.163 e. The minimum absolute atomic E-state index is 0.0994. The second-order valence-corrected chi connectivity index (χ2v) is 6.26. The van der Waals surface area contributed by atoms with E-state index < -0.39 is 0 Å². The molecule has 2 rings (SSSR count). The van der Waals surface area contributed by atoms with Gasteiger partial charge in [0.25, 0.3) is 0 Å². The molecule has 0 aliphatic carbocycles. The van der Waals surface area contributed by atoms with Crippen LogP contribution in [-0.4, -0.2) is 15.6 Å². The van der Waals surface area contributed by atoms with Crippen LogP contribution in [0.3, 0.4) is 0 Å². The van der Waals surface area contributed by atoms with Crippen molar-refractivity contribution in [2.24, 2.45) is 0 Å². The summed E-state index contributed by atoms with van der Waals surface area (Å²) in [5, 5.41) is 4.57. The van der Waals surface area contributed by atoms with Crippen LogP contribution in [0, 0.1) is 6.92 Å². The molecule has 1 aromatic carbocycles. The molecule has 3 nitrogen and oxygen atoms in total. The van der Waals surface area contributed by atoms with Crippen molar-refractivity contribution in [1.29, 1.82) is 0 Å². The molecule has 112 valence electrons. The van der Waals surface area contributed by atoms with E-state index in [-0.39, 0.29) is 5.78 Å². The first kappa shape index (κ1) is 16.0. The molecule has 1 heterocycles. The number of nitrogens with zero attached hydrogens (tertiary/aromatic N) is 2. The first-order valence-electron chi connectivity index (χ1n) is 7.34. The Bertz CT molecular complexity index is 629. The summed E-state index contributed by atoms with van der Waals surface area (Å²) in [4.78, 5) is 12.0. The number of hydrogen-bond donors (Lipinski definition) is 0. The Balaban J connectivity index is 2.38. The molecule has 2 aromatic rings. The number of carbonyl (C=O) groups excluding carboxylic acids is 1. The molecule has 0 aliphatic rings. The normalized spacial score (nSPS) is 10.9. The number of hydrogen-bond acceptors (Lipinski definition) is 2. The Hall–Kier alpha value is -1.42. The van der Waals surface area contributed by atoms with Crippen LogP contribution in [0.2, 0.25) is 0 Å². The topological polar surface area (TPSA) is 34.9 Å². The highest BCUT2D eigenvalue weighted by atomic mass is 79.9. The maximum Gasteiger partial charge on any atom is 0.163 e. The largest absolute Gasteiger partial charge is 0.294 e. The van der Waals surface area contributed by atoms with Gasteiger partial charge < -0.3 is 0 Å². The SMILES string of the molecule is CCCCn1nc(C)c(C(C)=O)c1Cc1ccc(Br)cc1. The minimum Gasteiger partial charge on any atom is -0.294 e. The lowest BCUT2D eigenvalue weighted by Crippen LogP contribution is -2.08. The van der Waals surface area contributed by atoms with Gasteiger partial charge in [-0.3, -0.25) is 9.48 Å². The molecule has 0 N–H and O–H groups in total. The molecule has 0 radical (unpaired) electrons. The average molecular weight is 349 g/mol. The summed E-state index contributed by atoms with van der Waals surface area (Å²) in [5.41, 5.74) is 3.86. The molecule has 0 bridgehead atoms. The number of rotatable bonds is 6. The summed E-state index contributed by atoms with van der Waals surface area (Å²) in [6.07, 6.45) is 2.94. The van der Waals surface area contributed by atoms with E-state index in [1.54, 1.807) is 6.92 Å². The van der Waals surface area contributed by atoms with Crippen LogP contribution in [-0.2, 0) is 13.0 Å². The third kappa shape index (κ3) is 3.82. The van der Waals surface area contributed by atoms with Crippen LogP contribution in [0.5, 0.6) is 0 Å². The van der Waals surface area contributed by atoms with Crippen LogP contribution < -0.4 is 0 Å². The fourth-order valence-corrected chi connectivity index (χ4v) is 2.82. The first-order valence-corrected chi connectivity index (χ1v) is 8.14. The van der Waals surface area contributed by atoms with Crippen LogP contribution in [0.4, 0.5) is 0 Å². The lowest BCUT2D eigenvalue weighted by molar-refractivity contribution is 0.101. The van der Waals surface area contributed by atoms with E-state index in [2.05, 4.69) is 40.1 Å². The lowest BCUT2D eigenvalue weighted by Gasteiger charge is -2.09. The molecule has 4 heteroatoms. The van der Waals surface area contributed by atoms with E-state index in [9.17, 15) is 4.79 Å². The fourth-order valence-electron chi connectivity index (χ4n) is 2.56. The van der Waals surface area contributed by atoms with Crippen molar-refractivity contribution < 1.29 is 4.79 Å². The highest BCUT2D eigenvalue weighted by Gasteiger charge is 2.18. The Morgan fingerprint density at radius 1 is 1.29 bits per heavy atom. The molecule has 0 fully saturated rings. The van der Waals surface area contributed by atoms with Crippen LogP contribution in [0.25, 0.3) is 0 Å². The second kappa shape index (κ2) is 7.03. The number of carbonyl (C=O) groups is 1. The van der Waals surface area contributed by atoms with Crippen molar-refractivity contribution in [3.63, 3.8) is 0 Å². The monoisotopic (exact) mass is 348 g/mol. The van der Waals surface area contributed by atoms with Crippen LogP contribution >= 0.6 is 15.9 Å². The second-order valence-electron chi connectivity index (χ2n) is 5.34. The summed E-state index contributed by atoms with van der Waals surface area (Å²) in [6.45, 7) is 6.58. The van der Waals surface area contributed by atoms with E-state index in [0.29, 0.717) is 0 Å². The standard InChI is InChI=1S/C17H21BrN2O/c1-4-5-10-20-16(17(13(3)21)12(2)19-20)11-14-6-8-15(18)9-7-14/h6-9H,4-5,10-11H2,1-3H3. The molecule has 0 spiro atoms. The van der Waals surface area contributed by atoms with Gasteiger partial charge in [-0.1, -0.05) is 41.4 Å². The number of aryl methyl sites for hydroxylation is 2. The fraction of sp³-hybridized carbons (Fsp3) is 0.412. The minimum atomic E-state index is 0.0994. The molecule has 0 aliphatic heterocycles. The summed E-state index contributed by atoms with van der Waals surface area (Å²) < 4.78 is 3.08. The number of unbranched alkanes of at least 4 members (excludes halogenated alkanes) is 1. The molecular weight excluding hydrogens is 328 g/mol. The highest BCUT2D eigenvalue weighted by molar-refractivity contribution is 9.10. The van der Waals surface area contributed by atoms with E-state index in [4.69, 9.17) is 0 Å². The Morgan fingerprint density at radius 3 is 2.52 bits per heavy atom. The van der Waals surface area contributed by atoms with Gasteiger partial charge in [0, 0.05) is 17.4 Å². The predicted octanol–water partition coefficient (Wildman–Crippen LogP) is 4.55. The molecule has 0 unspecified atom stereocenters. The van der Waals surface area contributed by atoms with E-state index in [1.165, 1.54) is 5.56 Å². The van der Waals surface area contributed by atoms with E-state index in [1.807, 2.05) is 23.7 Å². The summed E-state index contributed by atoms with van der Waals surface area (Å²) >= 11 is 3.45. The molecular formula is C17H21BrN2O. The number of Topliss-reactive ketones (excluding diaryl/α,β-unsaturated/α-hetero) is 1. The maximum absolute atomic E-state index is 12.0. The third-order valence-electron chi connectivity index (χ3n) is 3.59. The number of halogens is 1. The Morgan fingerprint density at radius 2 is 1.95 bits per heavy atom. The molecule has 21 heavy (non-hydrogen) atoms. The van der Waals surface area contributed by atoms with Crippen molar-refractivity contribution in [2.75, 3.05) is 0 Å². The van der Waals surface area contributed by atoms with Crippen LogP contribution in [0.15, 0.2) is 28.7 Å². The van der Waals surface area contributed by atoms with Gasteiger partial charge in [0.05, 0.1) is 17.0 Å². The van der Waals surface area contributed by atoms with Gasteiger partial charge in [-0.05, 0) is 38.0 Å². The van der Waals surface area contributed by atoms with Crippen molar-refractivity contribution in [3.8, 4) is 0 Å². The molecule has 0 saturated heterocycles. The van der Waals surface area contributed by atoms with Crippen molar-refractivity contribution >= 4 is 21.7 Å². The van der Waals surface area contributed by atoms with Gasteiger partial charge >= 0.3 is 0 Å². The van der Waals surface area contributed by atoms with Crippen molar-refractivity contribution in [3.05, 3.63) is 51.3 Å². The van der Waals surface area contributed by atoms with Crippen molar-refractivity contribution in [2.45, 2.75) is 46.6 Å². The zero-order valence-electron chi connectivity index (χ0n) is 12.8. The zero-order chi connectivity index (χ0) is 15.4. The summed E-state index contributed by atoms with van der Waals surface area (Å²) in [6, 6.07) is 8.23. The predicted molar refractivity (Wildman–Crippen MR) is 88.8 cm³/mol. The number of ketones is 1. The Kier molecular flexibility index (Phi) is 5.34. The van der Waals surface area contributed by atoms with Gasteiger partial charge in [-0.2, -0.15) is 5.10 Å². The lowest BCUT2D eigenvalue weighted by atomic mass is 10.0. The molecule has 0 amide bonds. The molecule has 1 aromatic heterocycles. The first-order chi connectivity index (χ1) is 10.0. The quantitative estimate of drug-likeness (QED) is 0.717. The van der Waals surface area contributed by atoms with E-state index >= 15 is 0 Å². The van der Waals surface area contributed by atoms with Gasteiger partial charge in [-0.25, -0.2) is 0 Å². The zero-order valence-corrected chi connectivity index (χ0v) is 14.4. The summed E-state index contributed by atoms with van der Waals surface area (Å²) in [7, 11) is 0. The number of aromatic nitrogens is 2. The maximum atomic E-state index is 12.0.